The van der Waals surface area contributed by atoms with E-state index in [-0.39, 0.29) is 11.5 Å². The molecule has 6 heteroatoms. The molecule has 3 atom stereocenters. The maximum Gasteiger partial charge on any atom is 0.331 e. The summed E-state index contributed by atoms with van der Waals surface area (Å²) in [6.07, 6.45) is 1.04. The van der Waals surface area contributed by atoms with Crippen molar-refractivity contribution in [3.63, 3.8) is 0 Å². The van der Waals surface area contributed by atoms with Crippen molar-refractivity contribution in [3.8, 4) is 0 Å². The van der Waals surface area contributed by atoms with Gasteiger partial charge in [-0.3, -0.25) is 0 Å². The normalized spacial score (nSPS) is 18.8. The standard InChI is InChI=1S/C24H30O5Si/c1-24(2,3)30(19-10-6-4-7-11-19,20-12-8-5-9-13-20)29-22(21(26)17-25)16-18-14-15-23(27)28-18/h4-15,18,21-22,25-26H,16-17H2,1-3H3/t18-,21-,22+/m1/s1. The molecule has 30 heavy (non-hydrogen) atoms. The molecule has 0 amide bonds. The Kier molecular flexibility index (Phi) is 6.93. The number of aliphatic hydroxyl groups is 2. The van der Waals surface area contributed by atoms with Crippen molar-refractivity contribution in [3.05, 3.63) is 72.8 Å². The second-order valence-corrected chi connectivity index (χ2v) is 12.9. The van der Waals surface area contributed by atoms with Gasteiger partial charge in [0, 0.05) is 12.5 Å². The maximum absolute atomic E-state index is 11.5. The summed E-state index contributed by atoms with van der Waals surface area (Å²) in [5.74, 6) is -0.400. The van der Waals surface area contributed by atoms with Crippen LogP contribution in [-0.4, -0.2) is 49.4 Å². The molecule has 5 nitrogen and oxygen atoms in total. The van der Waals surface area contributed by atoms with Crippen LogP contribution in [0.3, 0.4) is 0 Å². The lowest BCUT2D eigenvalue weighted by atomic mass is 10.1. The van der Waals surface area contributed by atoms with E-state index in [0.717, 1.165) is 10.4 Å². The third-order valence-electron chi connectivity index (χ3n) is 5.54. The van der Waals surface area contributed by atoms with Gasteiger partial charge in [0.25, 0.3) is 8.32 Å². The Morgan fingerprint density at radius 3 is 1.97 bits per heavy atom. The zero-order chi connectivity index (χ0) is 21.8. The van der Waals surface area contributed by atoms with Crippen molar-refractivity contribution in [2.45, 2.75) is 50.5 Å². The number of cyclic esters (lactones) is 1. The van der Waals surface area contributed by atoms with E-state index in [1.807, 2.05) is 36.4 Å². The van der Waals surface area contributed by atoms with Gasteiger partial charge in [-0.25, -0.2) is 4.79 Å². The number of carbonyl (C=O) groups excluding carboxylic acids is 1. The van der Waals surface area contributed by atoms with Gasteiger partial charge in [-0.2, -0.15) is 0 Å². The lowest BCUT2D eigenvalue weighted by Gasteiger charge is -2.46. The number of carbonyl (C=O) groups is 1. The van der Waals surface area contributed by atoms with Crippen molar-refractivity contribution in [2.24, 2.45) is 0 Å². The van der Waals surface area contributed by atoms with Crippen LogP contribution in [0.15, 0.2) is 72.8 Å². The third-order valence-corrected chi connectivity index (χ3v) is 10.6. The molecule has 1 heterocycles. The Balaban J connectivity index is 2.10. The number of hydrogen-bond acceptors (Lipinski definition) is 5. The van der Waals surface area contributed by atoms with Gasteiger partial charge in [0.15, 0.2) is 0 Å². The van der Waals surface area contributed by atoms with Gasteiger partial charge in [0.1, 0.15) is 12.2 Å². The van der Waals surface area contributed by atoms with Crippen LogP contribution in [0.1, 0.15) is 27.2 Å². The van der Waals surface area contributed by atoms with E-state index in [1.54, 1.807) is 6.08 Å². The summed E-state index contributed by atoms with van der Waals surface area (Å²) >= 11 is 0. The van der Waals surface area contributed by atoms with Crippen molar-refractivity contribution in [1.82, 2.24) is 0 Å². The van der Waals surface area contributed by atoms with Crippen LogP contribution in [-0.2, 0) is 14.0 Å². The summed E-state index contributed by atoms with van der Waals surface area (Å²) in [5, 5.41) is 22.3. The zero-order valence-electron chi connectivity index (χ0n) is 17.7. The van der Waals surface area contributed by atoms with Gasteiger partial charge < -0.3 is 19.4 Å². The van der Waals surface area contributed by atoms with Crippen LogP contribution in [0.25, 0.3) is 0 Å². The molecule has 0 bridgehead atoms. The predicted molar refractivity (Wildman–Crippen MR) is 119 cm³/mol. The fourth-order valence-corrected chi connectivity index (χ4v) is 8.81. The molecule has 0 fully saturated rings. The number of esters is 1. The fourth-order valence-electron chi connectivity index (χ4n) is 4.09. The quantitative estimate of drug-likeness (QED) is 0.500. The Bertz CT molecular complexity index is 821. The molecule has 1 aliphatic rings. The highest BCUT2D eigenvalue weighted by atomic mass is 28.4. The predicted octanol–water partition coefficient (Wildman–Crippen LogP) is 2.16. The lowest BCUT2D eigenvalue weighted by molar-refractivity contribution is -0.140. The van der Waals surface area contributed by atoms with E-state index in [4.69, 9.17) is 9.16 Å². The monoisotopic (exact) mass is 426 g/mol. The van der Waals surface area contributed by atoms with Gasteiger partial charge in [-0.1, -0.05) is 81.4 Å². The van der Waals surface area contributed by atoms with Crippen molar-refractivity contribution in [2.75, 3.05) is 6.61 Å². The minimum Gasteiger partial charge on any atom is -0.455 e. The highest BCUT2D eigenvalue weighted by Crippen LogP contribution is 2.38. The topological polar surface area (TPSA) is 76.0 Å². The van der Waals surface area contributed by atoms with Crippen LogP contribution >= 0.6 is 0 Å². The second kappa shape index (κ2) is 9.26. The maximum atomic E-state index is 11.5. The molecular weight excluding hydrogens is 396 g/mol. The lowest BCUT2D eigenvalue weighted by Crippen LogP contribution is -2.68. The van der Waals surface area contributed by atoms with Crippen molar-refractivity contribution < 1.29 is 24.2 Å². The number of benzene rings is 2. The summed E-state index contributed by atoms with van der Waals surface area (Å²) in [6.45, 7) is 6.01. The first-order valence-electron chi connectivity index (χ1n) is 10.2. The van der Waals surface area contributed by atoms with E-state index < -0.39 is 39.2 Å². The highest BCUT2D eigenvalue weighted by molar-refractivity contribution is 6.99. The second-order valence-electron chi connectivity index (χ2n) is 8.64. The summed E-state index contributed by atoms with van der Waals surface area (Å²) in [7, 11) is -2.92. The van der Waals surface area contributed by atoms with Gasteiger partial charge in [-0.05, 0) is 21.5 Å². The Morgan fingerprint density at radius 2 is 1.57 bits per heavy atom. The molecule has 1 aliphatic heterocycles. The van der Waals surface area contributed by atoms with Gasteiger partial charge in [-0.15, -0.1) is 0 Å². The summed E-state index contributed by atoms with van der Waals surface area (Å²) in [6, 6.07) is 20.2. The molecule has 0 unspecified atom stereocenters. The van der Waals surface area contributed by atoms with E-state index in [2.05, 4.69) is 45.0 Å². The van der Waals surface area contributed by atoms with E-state index in [9.17, 15) is 15.0 Å². The van der Waals surface area contributed by atoms with Crippen LogP contribution in [0.2, 0.25) is 5.04 Å². The first kappa shape index (κ1) is 22.4. The molecule has 0 aliphatic carbocycles. The first-order chi connectivity index (χ1) is 14.3. The first-order valence-corrected chi connectivity index (χ1v) is 12.2. The zero-order valence-corrected chi connectivity index (χ0v) is 18.7. The molecule has 0 radical (unpaired) electrons. The molecule has 160 valence electrons. The van der Waals surface area contributed by atoms with Crippen LogP contribution < -0.4 is 10.4 Å². The van der Waals surface area contributed by atoms with Gasteiger partial charge >= 0.3 is 5.97 Å². The molecule has 3 rings (SSSR count). The summed E-state index contributed by atoms with van der Waals surface area (Å²) < 4.78 is 12.2. The Hall–Kier alpha value is -2.25. The van der Waals surface area contributed by atoms with Crippen LogP contribution in [0.5, 0.6) is 0 Å². The molecule has 2 aromatic rings. The summed E-state index contributed by atoms with van der Waals surface area (Å²) in [4.78, 5) is 11.5. The fraction of sp³-hybridized carbons (Fsp3) is 0.375. The molecule has 2 N–H and O–H groups in total. The number of rotatable bonds is 8. The largest absolute Gasteiger partial charge is 0.455 e. The minimum atomic E-state index is -2.92. The number of aliphatic hydroxyl groups excluding tert-OH is 2. The minimum absolute atomic E-state index is 0.272. The Morgan fingerprint density at radius 1 is 1.03 bits per heavy atom. The van der Waals surface area contributed by atoms with Gasteiger partial charge in [0.05, 0.1) is 12.7 Å². The average Bonchev–Trinajstić information content (AvgIpc) is 3.15. The Labute approximate surface area is 179 Å². The van der Waals surface area contributed by atoms with Crippen molar-refractivity contribution >= 4 is 24.7 Å². The highest BCUT2D eigenvalue weighted by Gasteiger charge is 2.52. The van der Waals surface area contributed by atoms with E-state index >= 15 is 0 Å². The third kappa shape index (κ3) is 4.57. The molecule has 0 aromatic heterocycles. The molecule has 0 saturated heterocycles. The van der Waals surface area contributed by atoms with E-state index in [0.29, 0.717) is 0 Å². The molecule has 2 aromatic carbocycles. The number of ether oxygens (including phenoxy) is 1. The SMILES string of the molecule is CC(C)(C)[Si](O[C@@H](C[C@H]1C=CC(=O)O1)[C@H](O)CO)(c1ccccc1)c1ccccc1. The average molecular weight is 427 g/mol. The van der Waals surface area contributed by atoms with Crippen molar-refractivity contribution in [1.29, 1.82) is 0 Å². The molecule has 0 saturated carbocycles. The van der Waals surface area contributed by atoms with Crippen LogP contribution in [0.4, 0.5) is 0 Å². The van der Waals surface area contributed by atoms with Crippen LogP contribution in [0, 0.1) is 0 Å². The summed E-state index contributed by atoms with van der Waals surface area (Å²) in [5.41, 5.74) is 0. The van der Waals surface area contributed by atoms with E-state index in [1.165, 1.54) is 6.08 Å². The number of hydrogen-bond donors (Lipinski definition) is 2. The molecule has 0 spiro atoms. The molecular formula is C24H30O5Si. The van der Waals surface area contributed by atoms with Gasteiger partial charge in [0.2, 0.25) is 0 Å². The smallest absolute Gasteiger partial charge is 0.331 e.